The van der Waals surface area contributed by atoms with E-state index in [9.17, 15) is 4.79 Å². The lowest BCUT2D eigenvalue weighted by atomic mass is 9.83. The maximum absolute atomic E-state index is 12.6. The topological polar surface area (TPSA) is 36.7 Å². The van der Waals surface area contributed by atoms with E-state index in [2.05, 4.69) is 23.6 Å². The summed E-state index contributed by atoms with van der Waals surface area (Å²) in [7, 11) is 0. The number of hydrogen-bond donors (Lipinski definition) is 0. The van der Waals surface area contributed by atoms with Crippen LogP contribution in [0.2, 0.25) is 0 Å². The Hall–Kier alpha value is -1.29. The highest BCUT2D eigenvalue weighted by atomic mass is 16.3. The Morgan fingerprint density at radius 3 is 2.95 bits per heavy atom. The van der Waals surface area contributed by atoms with Gasteiger partial charge in [0.2, 0.25) is 0 Å². The molecule has 0 N–H and O–H groups in total. The first-order valence-corrected chi connectivity index (χ1v) is 8.22. The Morgan fingerprint density at radius 2 is 2.24 bits per heavy atom. The van der Waals surface area contributed by atoms with Gasteiger partial charge in [-0.25, -0.2) is 0 Å². The van der Waals surface area contributed by atoms with Gasteiger partial charge in [0.25, 0.3) is 5.91 Å². The van der Waals surface area contributed by atoms with E-state index in [1.54, 1.807) is 18.4 Å². The predicted molar refractivity (Wildman–Crippen MR) is 82.2 cm³/mol. The van der Waals surface area contributed by atoms with Crippen LogP contribution in [0.25, 0.3) is 0 Å². The summed E-state index contributed by atoms with van der Waals surface area (Å²) in [5, 5.41) is 0. The number of carbonyl (C=O) groups excluding carboxylic acids is 1. The van der Waals surface area contributed by atoms with Crippen molar-refractivity contribution in [2.45, 2.75) is 39.2 Å². The molecular weight excluding hydrogens is 264 g/mol. The van der Waals surface area contributed by atoms with Gasteiger partial charge >= 0.3 is 0 Å². The minimum Gasteiger partial charge on any atom is -0.459 e. The zero-order chi connectivity index (χ0) is 14.8. The van der Waals surface area contributed by atoms with Gasteiger partial charge in [-0.1, -0.05) is 13.8 Å². The number of carbonyl (C=O) groups is 1. The van der Waals surface area contributed by atoms with Crippen LogP contribution in [0.4, 0.5) is 0 Å². The van der Waals surface area contributed by atoms with Gasteiger partial charge in [0.1, 0.15) is 0 Å². The number of furan rings is 1. The van der Waals surface area contributed by atoms with Crippen molar-refractivity contribution in [1.82, 2.24) is 9.80 Å². The fourth-order valence-electron chi connectivity index (χ4n) is 3.95. The third-order valence-corrected chi connectivity index (χ3v) is 4.77. The van der Waals surface area contributed by atoms with Crippen LogP contribution in [-0.2, 0) is 0 Å². The number of piperidine rings is 2. The van der Waals surface area contributed by atoms with Crippen molar-refractivity contribution in [3.05, 3.63) is 24.2 Å². The highest BCUT2D eigenvalue weighted by molar-refractivity contribution is 5.91. The summed E-state index contributed by atoms with van der Waals surface area (Å²) in [5.74, 6) is 1.91. The molecule has 2 fully saturated rings. The fraction of sp³-hybridized carbons (Fsp3) is 0.706. The van der Waals surface area contributed by atoms with E-state index < -0.39 is 0 Å². The Kier molecular flexibility index (Phi) is 4.34. The van der Waals surface area contributed by atoms with Crippen LogP contribution >= 0.6 is 0 Å². The summed E-state index contributed by atoms with van der Waals surface area (Å²) in [6, 6.07) is 3.97. The maximum atomic E-state index is 12.6. The predicted octanol–water partition coefficient (Wildman–Crippen LogP) is 2.86. The smallest absolute Gasteiger partial charge is 0.289 e. The van der Waals surface area contributed by atoms with Crippen molar-refractivity contribution >= 4 is 5.91 Å². The third-order valence-electron chi connectivity index (χ3n) is 4.77. The quantitative estimate of drug-likeness (QED) is 0.859. The molecule has 3 heterocycles. The minimum atomic E-state index is 0.0759. The standard InChI is InChI=1S/C17H26N2O2/c1-13(2)11-18-9-7-15-14(12-18)5-3-8-19(15)17(20)16-6-4-10-21-16/h4,6,10,13-15H,3,5,7-9,11-12H2,1-2H3/t14-,15+/m1/s1. The van der Waals surface area contributed by atoms with Crippen LogP contribution in [-0.4, -0.2) is 47.9 Å². The molecule has 2 saturated heterocycles. The summed E-state index contributed by atoms with van der Waals surface area (Å²) >= 11 is 0. The van der Waals surface area contributed by atoms with E-state index in [4.69, 9.17) is 4.42 Å². The molecule has 3 rings (SSSR count). The molecule has 1 amide bonds. The van der Waals surface area contributed by atoms with Gasteiger partial charge < -0.3 is 14.2 Å². The molecule has 4 nitrogen and oxygen atoms in total. The zero-order valence-electron chi connectivity index (χ0n) is 13.1. The first-order chi connectivity index (χ1) is 10.1. The zero-order valence-corrected chi connectivity index (χ0v) is 13.1. The monoisotopic (exact) mass is 290 g/mol. The Balaban J connectivity index is 1.67. The van der Waals surface area contributed by atoms with Crippen molar-refractivity contribution in [2.24, 2.45) is 11.8 Å². The van der Waals surface area contributed by atoms with Crippen molar-refractivity contribution in [2.75, 3.05) is 26.2 Å². The second-order valence-electron chi connectivity index (χ2n) is 6.89. The van der Waals surface area contributed by atoms with E-state index in [-0.39, 0.29) is 5.91 Å². The van der Waals surface area contributed by atoms with Gasteiger partial charge in [0.05, 0.1) is 6.26 Å². The maximum Gasteiger partial charge on any atom is 0.289 e. The first-order valence-electron chi connectivity index (χ1n) is 8.22. The molecular formula is C17H26N2O2. The molecule has 116 valence electrons. The average Bonchev–Trinajstić information content (AvgIpc) is 2.99. The molecule has 2 aliphatic rings. The Morgan fingerprint density at radius 1 is 1.38 bits per heavy atom. The van der Waals surface area contributed by atoms with Gasteiger partial charge in [-0.2, -0.15) is 0 Å². The molecule has 0 radical (unpaired) electrons. The second kappa shape index (κ2) is 6.22. The van der Waals surface area contributed by atoms with Gasteiger partial charge in [0.15, 0.2) is 5.76 Å². The van der Waals surface area contributed by atoms with Crippen LogP contribution in [0.1, 0.15) is 43.7 Å². The second-order valence-corrected chi connectivity index (χ2v) is 6.89. The molecule has 0 saturated carbocycles. The van der Waals surface area contributed by atoms with Crippen LogP contribution in [0, 0.1) is 11.8 Å². The molecule has 1 aromatic heterocycles. The largest absolute Gasteiger partial charge is 0.459 e. The molecule has 4 heteroatoms. The normalized spacial score (nSPS) is 26.9. The lowest BCUT2D eigenvalue weighted by molar-refractivity contribution is 0.0159. The van der Waals surface area contributed by atoms with Gasteiger partial charge in [-0.3, -0.25) is 4.79 Å². The molecule has 1 aromatic rings. The van der Waals surface area contributed by atoms with Crippen molar-refractivity contribution in [3.8, 4) is 0 Å². The Labute approximate surface area is 127 Å². The molecule has 21 heavy (non-hydrogen) atoms. The minimum absolute atomic E-state index is 0.0759. The molecule has 0 spiro atoms. The van der Waals surface area contributed by atoms with E-state index in [0.717, 1.165) is 32.5 Å². The fourth-order valence-corrected chi connectivity index (χ4v) is 3.95. The van der Waals surface area contributed by atoms with E-state index in [1.807, 2.05) is 0 Å². The highest BCUT2D eigenvalue weighted by Crippen LogP contribution is 2.31. The number of rotatable bonds is 3. The number of fused-ring (bicyclic) bond motifs is 1. The number of likely N-dealkylation sites (tertiary alicyclic amines) is 2. The molecule has 2 aliphatic heterocycles. The summed E-state index contributed by atoms with van der Waals surface area (Å²) in [5.41, 5.74) is 0. The molecule has 2 atom stereocenters. The number of nitrogens with zero attached hydrogens (tertiary/aromatic N) is 2. The lowest BCUT2D eigenvalue weighted by Crippen LogP contribution is -2.56. The summed E-state index contributed by atoms with van der Waals surface area (Å²) < 4.78 is 5.30. The first kappa shape index (κ1) is 14.6. The molecule has 0 bridgehead atoms. The van der Waals surface area contributed by atoms with Crippen LogP contribution < -0.4 is 0 Å². The SMILES string of the molecule is CC(C)CN1CC[C@H]2[C@H](CCCN2C(=O)c2ccco2)C1. The average molecular weight is 290 g/mol. The lowest BCUT2D eigenvalue weighted by Gasteiger charge is -2.47. The molecule has 0 aromatic carbocycles. The summed E-state index contributed by atoms with van der Waals surface area (Å²) in [6.07, 6.45) is 5.05. The molecule has 0 unspecified atom stereocenters. The van der Waals surface area contributed by atoms with E-state index in [0.29, 0.717) is 23.6 Å². The van der Waals surface area contributed by atoms with Crippen molar-refractivity contribution in [3.63, 3.8) is 0 Å². The summed E-state index contributed by atoms with van der Waals surface area (Å²) in [4.78, 5) is 17.2. The van der Waals surface area contributed by atoms with Gasteiger partial charge in [-0.05, 0) is 43.2 Å². The van der Waals surface area contributed by atoms with Crippen LogP contribution in [0.3, 0.4) is 0 Å². The number of amides is 1. The van der Waals surface area contributed by atoms with E-state index >= 15 is 0 Å². The molecule has 0 aliphatic carbocycles. The van der Waals surface area contributed by atoms with Crippen molar-refractivity contribution < 1.29 is 9.21 Å². The van der Waals surface area contributed by atoms with Crippen molar-refractivity contribution in [1.29, 1.82) is 0 Å². The summed E-state index contributed by atoms with van der Waals surface area (Å²) in [6.45, 7) is 8.87. The van der Waals surface area contributed by atoms with Crippen LogP contribution in [0.15, 0.2) is 22.8 Å². The third kappa shape index (κ3) is 3.15. The van der Waals surface area contributed by atoms with E-state index in [1.165, 1.54) is 13.0 Å². The van der Waals surface area contributed by atoms with Crippen LogP contribution in [0.5, 0.6) is 0 Å². The number of hydrogen-bond acceptors (Lipinski definition) is 3. The Bertz CT molecular complexity index is 469. The van der Waals surface area contributed by atoms with Gasteiger partial charge in [-0.15, -0.1) is 0 Å². The highest BCUT2D eigenvalue weighted by Gasteiger charge is 2.38. The van der Waals surface area contributed by atoms with Gasteiger partial charge in [0, 0.05) is 32.2 Å².